The van der Waals surface area contributed by atoms with Crippen LogP contribution in [0.2, 0.25) is 0 Å². The number of morpholine rings is 1. The van der Waals surface area contributed by atoms with Gasteiger partial charge in [0.25, 0.3) is 0 Å². The van der Waals surface area contributed by atoms with Crippen molar-refractivity contribution in [1.82, 2.24) is 4.98 Å². The molecule has 1 aromatic heterocycles. The van der Waals surface area contributed by atoms with Gasteiger partial charge in [-0.1, -0.05) is 18.2 Å². The van der Waals surface area contributed by atoms with Crippen molar-refractivity contribution in [3.05, 3.63) is 30.3 Å². The molecular weight excluding hydrogens is 243 g/mol. The van der Waals surface area contributed by atoms with Gasteiger partial charge in [-0.05, 0) is 12.1 Å². The molecule has 2 heterocycles. The predicted molar refractivity (Wildman–Crippen MR) is 74.6 cm³/mol. The van der Waals surface area contributed by atoms with Crippen LogP contribution < -0.4 is 10.5 Å². The molecule has 98 valence electrons. The SMILES string of the molecule is OB(O)c1cc(N2CCOCC2)c2ccccc2n1. The van der Waals surface area contributed by atoms with Crippen molar-refractivity contribution in [3.63, 3.8) is 0 Å². The number of nitrogens with zero attached hydrogens (tertiary/aromatic N) is 2. The van der Waals surface area contributed by atoms with E-state index in [4.69, 9.17) is 4.74 Å². The van der Waals surface area contributed by atoms with Crippen molar-refractivity contribution in [1.29, 1.82) is 0 Å². The number of aromatic nitrogens is 1. The van der Waals surface area contributed by atoms with Gasteiger partial charge in [0.1, 0.15) is 0 Å². The second-order valence-electron chi connectivity index (χ2n) is 4.56. The summed E-state index contributed by atoms with van der Waals surface area (Å²) in [6, 6.07) is 9.49. The topological polar surface area (TPSA) is 65.8 Å². The van der Waals surface area contributed by atoms with E-state index in [-0.39, 0.29) is 5.59 Å². The van der Waals surface area contributed by atoms with E-state index in [1.165, 1.54) is 0 Å². The molecule has 0 amide bonds. The fraction of sp³-hybridized carbons (Fsp3) is 0.308. The zero-order valence-corrected chi connectivity index (χ0v) is 10.5. The maximum absolute atomic E-state index is 9.36. The Hall–Kier alpha value is -1.63. The first-order valence-electron chi connectivity index (χ1n) is 6.34. The lowest BCUT2D eigenvalue weighted by Crippen LogP contribution is -2.38. The lowest BCUT2D eigenvalue weighted by atomic mass is 9.84. The first kappa shape index (κ1) is 12.4. The van der Waals surface area contributed by atoms with Gasteiger partial charge in [-0.25, -0.2) is 0 Å². The molecule has 1 aliphatic heterocycles. The molecule has 1 aromatic carbocycles. The number of hydrogen-bond donors (Lipinski definition) is 2. The summed E-state index contributed by atoms with van der Waals surface area (Å²) in [7, 11) is -1.55. The van der Waals surface area contributed by atoms with Crippen LogP contribution in [-0.4, -0.2) is 48.5 Å². The number of hydrogen-bond acceptors (Lipinski definition) is 5. The van der Waals surface area contributed by atoms with Crippen LogP contribution in [0.4, 0.5) is 5.69 Å². The number of para-hydroxylation sites is 1. The van der Waals surface area contributed by atoms with Crippen LogP contribution in [0.3, 0.4) is 0 Å². The highest BCUT2D eigenvalue weighted by atomic mass is 16.5. The van der Waals surface area contributed by atoms with Crippen LogP contribution in [0.25, 0.3) is 10.9 Å². The molecular formula is C13H15BN2O3. The molecule has 1 aliphatic rings. The van der Waals surface area contributed by atoms with Gasteiger partial charge in [-0.2, -0.15) is 0 Å². The van der Waals surface area contributed by atoms with Gasteiger partial charge in [0, 0.05) is 24.2 Å². The van der Waals surface area contributed by atoms with Crippen LogP contribution in [0.5, 0.6) is 0 Å². The normalized spacial score (nSPS) is 15.8. The molecule has 0 unspecified atom stereocenters. The molecule has 1 fully saturated rings. The summed E-state index contributed by atoms with van der Waals surface area (Å²) in [5.41, 5.74) is 2.03. The van der Waals surface area contributed by atoms with Gasteiger partial charge in [-0.3, -0.25) is 4.98 Å². The van der Waals surface area contributed by atoms with Crippen molar-refractivity contribution in [3.8, 4) is 0 Å². The highest BCUT2D eigenvalue weighted by Crippen LogP contribution is 2.25. The number of pyridine rings is 1. The number of anilines is 1. The van der Waals surface area contributed by atoms with E-state index in [9.17, 15) is 10.0 Å². The largest absolute Gasteiger partial charge is 0.508 e. The minimum atomic E-state index is -1.55. The van der Waals surface area contributed by atoms with Gasteiger partial charge >= 0.3 is 7.12 Å². The van der Waals surface area contributed by atoms with E-state index in [1.54, 1.807) is 6.07 Å². The molecule has 0 saturated carbocycles. The highest BCUT2D eigenvalue weighted by Gasteiger charge is 2.20. The third kappa shape index (κ3) is 2.42. The van der Waals surface area contributed by atoms with E-state index in [1.807, 2.05) is 24.3 Å². The number of ether oxygens (including phenoxy) is 1. The zero-order valence-electron chi connectivity index (χ0n) is 10.5. The van der Waals surface area contributed by atoms with Crippen molar-refractivity contribution in [2.45, 2.75) is 0 Å². The molecule has 0 spiro atoms. The average molecular weight is 258 g/mol. The third-order valence-electron chi connectivity index (χ3n) is 3.33. The molecule has 0 radical (unpaired) electrons. The fourth-order valence-corrected chi connectivity index (χ4v) is 2.38. The highest BCUT2D eigenvalue weighted by molar-refractivity contribution is 6.58. The van der Waals surface area contributed by atoms with Gasteiger partial charge in [0.05, 0.1) is 24.3 Å². The molecule has 3 rings (SSSR count). The monoisotopic (exact) mass is 258 g/mol. The van der Waals surface area contributed by atoms with E-state index in [0.717, 1.165) is 29.7 Å². The molecule has 19 heavy (non-hydrogen) atoms. The number of rotatable bonds is 2. The molecule has 2 N–H and O–H groups in total. The van der Waals surface area contributed by atoms with E-state index < -0.39 is 7.12 Å². The Morgan fingerprint density at radius 3 is 2.63 bits per heavy atom. The molecule has 5 nitrogen and oxygen atoms in total. The minimum Gasteiger partial charge on any atom is -0.422 e. The summed E-state index contributed by atoms with van der Waals surface area (Å²) < 4.78 is 5.35. The predicted octanol–water partition coefficient (Wildman–Crippen LogP) is -0.249. The Morgan fingerprint density at radius 2 is 1.89 bits per heavy atom. The Kier molecular flexibility index (Phi) is 3.37. The van der Waals surface area contributed by atoms with Crippen LogP contribution in [0, 0.1) is 0 Å². The van der Waals surface area contributed by atoms with E-state index in [2.05, 4.69) is 9.88 Å². The fourth-order valence-electron chi connectivity index (χ4n) is 2.38. The quantitative estimate of drug-likeness (QED) is 0.727. The first-order valence-corrected chi connectivity index (χ1v) is 6.34. The molecule has 1 saturated heterocycles. The molecule has 6 heteroatoms. The van der Waals surface area contributed by atoms with Crippen LogP contribution >= 0.6 is 0 Å². The van der Waals surface area contributed by atoms with Crippen molar-refractivity contribution < 1.29 is 14.8 Å². The van der Waals surface area contributed by atoms with Crippen molar-refractivity contribution in [2.24, 2.45) is 0 Å². The van der Waals surface area contributed by atoms with Crippen molar-refractivity contribution >= 4 is 29.3 Å². The lowest BCUT2D eigenvalue weighted by Gasteiger charge is -2.30. The van der Waals surface area contributed by atoms with Gasteiger partial charge in [0.15, 0.2) is 0 Å². The van der Waals surface area contributed by atoms with Crippen LogP contribution in [-0.2, 0) is 4.74 Å². The van der Waals surface area contributed by atoms with Crippen molar-refractivity contribution in [2.75, 3.05) is 31.2 Å². The minimum absolute atomic E-state index is 0.278. The molecule has 0 bridgehead atoms. The second kappa shape index (κ2) is 5.17. The summed E-state index contributed by atoms with van der Waals surface area (Å²) >= 11 is 0. The zero-order chi connectivity index (χ0) is 13.2. The molecule has 0 aliphatic carbocycles. The van der Waals surface area contributed by atoms with Gasteiger partial charge < -0.3 is 19.7 Å². The Balaban J connectivity index is 2.14. The summed E-state index contributed by atoms with van der Waals surface area (Å²) in [4.78, 5) is 6.47. The number of fused-ring (bicyclic) bond motifs is 1. The van der Waals surface area contributed by atoms with E-state index in [0.29, 0.717) is 13.2 Å². The standard InChI is InChI=1S/C13H15BN2O3/c17-14(18)13-9-12(16-5-7-19-8-6-16)10-3-1-2-4-11(10)15-13/h1-4,9,17-18H,5-8H2. The van der Waals surface area contributed by atoms with Gasteiger partial charge in [-0.15, -0.1) is 0 Å². The Bertz CT molecular complexity index is 585. The van der Waals surface area contributed by atoms with E-state index >= 15 is 0 Å². The number of benzene rings is 1. The molecule has 2 aromatic rings. The smallest absolute Gasteiger partial charge is 0.422 e. The lowest BCUT2D eigenvalue weighted by molar-refractivity contribution is 0.123. The summed E-state index contributed by atoms with van der Waals surface area (Å²) in [5, 5.41) is 19.7. The second-order valence-corrected chi connectivity index (χ2v) is 4.56. The maximum atomic E-state index is 9.36. The Morgan fingerprint density at radius 1 is 1.16 bits per heavy atom. The summed E-state index contributed by atoms with van der Waals surface area (Å²) in [5.74, 6) is 0. The first-order chi connectivity index (χ1) is 9.25. The third-order valence-corrected chi connectivity index (χ3v) is 3.33. The Labute approximate surface area is 111 Å². The molecule has 0 atom stereocenters. The summed E-state index contributed by atoms with van der Waals surface area (Å²) in [6.45, 7) is 2.98. The van der Waals surface area contributed by atoms with Crippen LogP contribution in [0.1, 0.15) is 0 Å². The van der Waals surface area contributed by atoms with Gasteiger partial charge in [0.2, 0.25) is 0 Å². The van der Waals surface area contributed by atoms with Crippen LogP contribution in [0.15, 0.2) is 30.3 Å². The maximum Gasteiger partial charge on any atom is 0.508 e. The average Bonchev–Trinajstić information content (AvgIpc) is 2.47. The summed E-state index contributed by atoms with van der Waals surface area (Å²) in [6.07, 6.45) is 0.